The van der Waals surface area contributed by atoms with Gasteiger partial charge in [0.1, 0.15) is 0 Å². The number of benzene rings is 1. The average Bonchev–Trinajstić information content (AvgIpc) is 2.45. The highest BCUT2D eigenvalue weighted by atomic mass is 35.5. The van der Waals surface area contributed by atoms with Gasteiger partial charge in [0.2, 0.25) is 0 Å². The van der Waals surface area contributed by atoms with Gasteiger partial charge < -0.3 is 10.1 Å². The molecule has 1 N–H and O–H groups in total. The molecule has 1 aromatic rings. The first-order valence-electron chi connectivity index (χ1n) is 6.75. The first-order chi connectivity index (χ1) is 9.90. The lowest BCUT2D eigenvalue weighted by Gasteiger charge is -2.35. The van der Waals surface area contributed by atoms with Gasteiger partial charge in [0, 0.05) is 32.2 Å². The fraction of sp³-hybridized carbons (Fsp3) is 0.571. The Morgan fingerprint density at radius 2 is 1.91 bits per heavy atom. The Labute approximate surface area is 133 Å². The van der Waals surface area contributed by atoms with E-state index in [0.29, 0.717) is 31.7 Å². The van der Waals surface area contributed by atoms with E-state index in [0.717, 1.165) is 6.07 Å². The maximum atomic E-state index is 13.4. The summed E-state index contributed by atoms with van der Waals surface area (Å²) in [6, 6.07) is 3.09. The molecular weight excluding hydrogens is 324 g/mol. The topological polar surface area (TPSA) is 24.5 Å². The molecule has 0 saturated carbocycles. The van der Waals surface area contributed by atoms with Crippen LogP contribution < -0.4 is 10.1 Å². The molecule has 1 heterocycles. The van der Waals surface area contributed by atoms with E-state index in [1.165, 1.54) is 19.2 Å². The number of nitrogens with zero attached hydrogens (tertiary/aromatic N) is 1. The van der Waals surface area contributed by atoms with Gasteiger partial charge in [-0.3, -0.25) is 4.90 Å². The van der Waals surface area contributed by atoms with Crippen LogP contribution >= 0.6 is 12.4 Å². The zero-order valence-corrected chi connectivity index (χ0v) is 12.9. The fourth-order valence-corrected chi connectivity index (χ4v) is 2.55. The molecule has 1 saturated heterocycles. The second-order valence-corrected chi connectivity index (χ2v) is 5.02. The molecule has 126 valence electrons. The van der Waals surface area contributed by atoms with Crippen molar-refractivity contribution < 1.29 is 22.3 Å². The van der Waals surface area contributed by atoms with Gasteiger partial charge in [-0.2, -0.15) is 13.2 Å². The Morgan fingerprint density at radius 3 is 2.45 bits per heavy atom. The van der Waals surface area contributed by atoms with E-state index in [4.69, 9.17) is 4.74 Å². The summed E-state index contributed by atoms with van der Waals surface area (Å²) in [5.74, 6) is -0.609. The van der Waals surface area contributed by atoms with E-state index >= 15 is 0 Å². The molecule has 2 rings (SSSR count). The molecule has 1 atom stereocenters. The Balaban J connectivity index is 0.00000242. The van der Waals surface area contributed by atoms with Gasteiger partial charge in [0.05, 0.1) is 13.5 Å². The van der Waals surface area contributed by atoms with E-state index in [-0.39, 0.29) is 18.2 Å². The Bertz CT molecular complexity index is 478. The molecule has 0 radical (unpaired) electrons. The van der Waals surface area contributed by atoms with Crippen LogP contribution in [0.4, 0.5) is 17.6 Å². The zero-order valence-electron chi connectivity index (χ0n) is 12.1. The van der Waals surface area contributed by atoms with E-state index < -0.39 is 24.5 Å². The Kier molecular flexibility index (Phi) is 6.90. The van der Waals surface area contributed by atoms with Crippen molar-refractivity contribution in [2.24, 2.45) is 0 Å². The third-order valence-corrected chi connectivity index (χ3v) is 3.58. The molecule has 0 amide bonds. The van der Waals surface area contributed by atoms with Gasteiger partial charge in [-0.1, -0.05) is 6.07 Å². The molecule has 0 unspecified atom stereocenters. The van der Waals surface area contributed by atoms with Crippen molar-refractivity contribution in [1.82, 2.24) is 10.2 Å². The monoisotopic (exact) mass is 342 g/mol. The maximum absolute atomic E-state index is 13.4. The number of halogens is 5. The molecule has 1 aromatic carbocycles. The van der Waals surface area contributed by atoms with Crippen LogP contribution in [-0.2, 0) is 0 Å². The number of hydrogen-bond donors (Lipinski definition) is 1. The summed E-state index contributed by atoms with van der Waals surface area (Å²) >= 11 is 0. The molecule has 0 aliphatic carbocycles. The average molecular weight is 343 g/mol. The summed E-state index contributed by atoms with van der Waals surface area (Å²) in [4.78, 5) is 1.77. The molecule has 8 heteroatoms. The molecular formula is C14H19ClF4N2O. The summed E-state index contributed by atoms with van der Waals surface area (Å²) < 4.78 is 56.9. The molecule has 1 aliphatic rings. The minimum absolute atomic E-state index is 0. The van der Waals surface area contributed by atoms with Crippen molar-refractivity contribution in [1.29, 1.82) is 0 Å². The highest BCUT2D eigenvalue weighted by molar-refractivity contribution is 5.85. The lowest BCUT2D eigenvalue weighted by molar-refractivity contribution is -0.148. The van der Waals surface area contributed by atoms with Crippen LogP contribution in [0.3, 0.4) is 0 Å². The molecule has 0 aromatic heterocycles. The van der Waals surface area contributed by atoms with E-state index in [1.54, 1.807) is 4.90 Å². The molecule has 3 nitrogen and oxygen atoms in total. The van der Waals surface area contributed by atoms with Gasteiger partial charge in [-0.05, 0) is 17.7 Å². The van der Waals surface area contributed by atoms with Crippen LogP contribution in [0.1, 0.15) is 18.0 Å². The van der Waals surface area contributed by atoms with Gasteiger partial charge in [-0.25, -0.2) is 4.39 Å². The number of piperazine rings is 1. The van der Waals surface area contributed by atoms with Gasteiger partial charge in [-0.15, -0.1) is 12.4 Å². The molecule has 0 spiro atoms. The number of methoxy groups -OCH3 is 1. The lowest BCUT2D eigenvalue weighted by Crippen LogP contribution is -2.46. The standard InChI is InChI=1S/C14H18F4N2O.ClH/c1-21-13-8-10(2-3-11(13)15)12(9-14(16,17)18)20-6-4-19-5-7-20;/h2-3,8,12,19H,4-7,9H2,1H3;1H/t12-;/m0./s1. The summed E-state index contributed by atoms with van der Waals surface area (Å²) in [5.41, 5.74) is 0.424. The fourth-order valence-electron chi connectivity index (χ4n) is 2.55. The number of ether oxygens (including phenoxy) is 1. The van der Waals surface area contributed by atoms with Crippen molar-refractivity contribution in [2.45, 2.75) is 18.6 Å². The lowest BCUT2D eigenvalue weighted by atomic mass is 10.0. The predicted octanol–water partition coefficient (Wildman–Crippen LogP) is 3.15. The van der Waals surface area contributed by atoms with Gasteiger partial charge in [0.15, 0.2) is 11.6 Å². The first-order valence-corrected chi connectivity index (χ1v) is 6.75. The van der Waals surface area contributed by atoms with Crippen LogP contribution in [0, 0.1) is 5.82 Å². The number of nitrogens with one attached hydrogen (secondary N) is 1. The molecule has 22 heavy (non-hydrogen) atoms. The van der Waals surface area contributed by atoms with E-state index in [1.807, 2.05) is 0 Å². The quantitative estimate of drug-likeness (QED) is 0.851. The molecule has 1 aliphatic heterocycles. The van der Waals surface area contributed by atoms with E-state index in [2.05, 4.69) is 5.32 Å². The van der Waals surface area contributed by atoms with E-state index in [9.17, 15) is 17.6 Å². The SMILES string of the molecule is COc1cc([C@H](CC(F)(F)F)N2CCNCC2)ccc1F.Cl. The second-order valence-electron chi connectivity index (χ2n) is 5.02. The highest BCUT2D eigenvalue weighted by Gasteiger charge is 2.36. The minimum Gasteiger partial charge on any atom is -0.494 e. The summed E-state index contributed by atoms with van der Waals surface area (Å²) in [5, 5.41) is 3.11. The third-order valence-electron chi connectivity index (χ3n) is 3.58. The van der Waals surface area contributed by atoms with Crippen molar-refractivity contribution >= 4 is 12.4 Å². The Morgan fingerprint density at radius 1 is 1.27 bits per heavy atom. The summed E-state index contributed by atoms with van der Waals surface area (Å²) in [6.45, 7) is 2.35. The highest BCUT2D eigenvalue weighted by Crippen LogP contribution is 2.35. The van der Waals surface area contributed by atoms with Crippen LogP contribution in [-0.4, -0.2) is 44.4 Å². The van der Waals surface area contributed by atoms with Crippen molar-refractivity contribution in [3.63, 3.8) is 0 Å². The van der Waals surface area contributed by atoms with Crippen molar-refractivity contribution in [3.05, 3.63) is 29.6 Å². The van der Waals surface area contributed by atoms with Gasteiger partial charge in [0.25, 0.3) is 0 Å². The summed E-state index contributed by atoms with van der Waals surface area (Å²) in [6.07, 6.45) is -5.24. The minimum atomic E-state index is -4.28. The second kappa shape index (κ2) is 7.99. The first kappa shape index (κ1) is 19.0. The third kappa shape index (κ3) is 5.00. The largest absolute Gasteiger partial charge is 0.494 e. The predicted molar refractivity (Wildman–Crippen MR) is 78.1 cm³/mol. The van der Waals surface area contributed by atoms with Gasteiger partial charge >= 0.3 is 6.18 Å². The van der Waals surface area contributed by atoms with Crippen LogP contribution in [0.15, 0.2) is 18.2 Å². The van der Waals surface area contributed by atoms with Crippen LogP contribution in [0.2, 0.25) is 0 Å². The normalized spacial score (nSPS) is 17.7. The summed E-state index contributed by atoms with van der Waals surface area (Å²) in [7, 11) is 1.30. The number of rotatable bonds is 4. The Hall–Kier alpha value is -1.05. The smallest absolute Gasteiger partial charge is 0.390 e. The molecule has 0 bridgehead atoms. The van der Waals surface area contributed by atoms with Crippen LogP contribution in [0.5, 0.6) is 5.75 Å². The van der Waals surface area contributed by atoms with Crippen molar-refractivity contribution in [2.75, 3.05) is 33.3 Å². The number of hydrogen-bond acceptors (Lipinski definition) is 3. The molecule has 1 fully saturated rings. The maximum Gasteiger partial charge on any atom is 0.390 e. The van der Waals surface area contributed by atoms with Crippen LogP contribution in [0.25, 0.3) is 0 Å². The number of alkyl halides is 3. The van der Waals surface area contributed by atoms with Crippen molar-refractivity contribution in [3.8, 4) is 5.75 Å². The zero-order chi connectivity index (χ0) is 15.5.